The van der Waals surface area contributed by atoms with Crippen molar-refractivity contribution in [3.05, 3.63) is 64.1 Å². The summed E-state index contributed by atoms with van der Waals surface area (Å²) in [5.41, 5.74) is 5.46. The minimum atomic E-state index is -0.130. The zero-order chi connectivity index (χ0) is 21.1. The van der Waals surface area contributed by atoms with Crippen LogP contribution in [0.25, 0.3) is 0 Å². The molecule has 4 rings (SSSR count). The van der Waals surface area contributed by atoms with Gasteiger partial charge in [-0.2, -0.15) is 5.10 Å². The Morgan fingerprint density at radius 1 is 1.07 bits per heavy atom. The van der Waals surface area contributed by atoms with Crippen molar-refractivity contribution in [1.29, 1.82) is 0 Å². The third-order valence-corrected chi connectivity index (χ3v) is 6.38. The summed E-state index contributed by atoms with van der Waals surface area (Å²) in [7, 11) is 0. The van der Waals surface area contributed by atoms with Gasteiger partial charge in [-0.1, -0.05) is 60.8 Å². The zero-order valence-electron chi connectivity index (χ0n) is 17.0. The van der Waals surface area contributed by atoms with Crippen LogP contribution in [0.3, 0.4) is 0 Å². The van der Waals surface area contributed by atoms with E-state index < -0.39 is 0 Å². The average Bonchev–Trinajstić information content (AvgIpc) is 3.15. The van der Waals surface area contributed by atoms with Gasteiger partial charge in [-0.3, -0.25) is 15.2 Å². The molecule has 0 radical (unpaired) electrons. The van der Waals surface area contributed by atoms with Gasteiger partial charge in [0.05, 0.1) is 16.8 Å². The van der Waals surface area contributed by atoms with Crippen molar-refractivity contribution in [3.8, 4) is 0 Å². The molecular formula is C23H26Cl2N4O. The van der Waals surface area contributed by atoms with Crippen LogP contribution < -0.4 is 10.4 Å². The van der Waals surface area contributed by atoms with Crippen molar-refractivity contribution in [2.45, 2.75) is 38.6 Å². The minimum Gasteiger partial charge on any atom is -0.284 e. The number of anilines is 1. The number of nitrogens with one attached hydrogen (secondary N) is 1. The fourth-order valence-corrected chi connectivity index (χ4v) is 4.63. The topological polar surface area (TPSA) is 47.9 Å². The van der Waals surface area contributed by atoms with E-state index in [1.807, 2.05) is 58.5 Å². The van der Waals surface area contributed by atoms with Crippen molar-refractivity contribution in [1.82, 2.24) is 10.4 Å². The van der Waals surface area contributed by atoms with E-state index >= 15 is 0 Å². The third-order valence-electron chi connectivity index (χ3n) is 5.81. The second kappa shape index (κ2) is 9.38. The number of para-hydroxylation sites is 1. The predicted octanol–water partition coefficient (Wildman–Crippen LogP) is 5.45. The second-order valence-electron chi connectivity index (χ2n) is 7.78. The van der Waals surface area contributed by atoms with Gasteiger partial charge >= 0.3 is 0 Å². The number of nitrogens with zero attached hydrogens (tertiary/aromatic N) is 3. The first-order valence-corrected chi connectivity index (χ1v) is 11.3. The first-order chi connectivity index (χ1) is 14.6. The highest BCUT2D eigenvalue weighted by molar-refractivity contribution is 6.40. The van der Waals surface area contributed by atoms with Gasteiger partial charge in [-0.05, 0) is 49.1 Å². The Hall–Kier alpha value is -2.08. The molecule has 0 aromatic heterocycles. The lowest BCUT2D eigenvalue weighted by atomic mass is 9.87. The Morgan fingerprint density at radius 2 is 1.77 bits per heavy atom. The molecule has 0 aliphatic carbocycles. The molecule has 158 valence electrons. The molecule has 0 unspecified atom stereocenters. The van der Waals surface area contributed by atoms with Crippen LogP contribution in [0.5, 0.6) is 0 Å². The van der Waals surface area contributed by atoms with E-state index in [0.29, 0.717) is 15.8 Å². The molecule has 2 atom stereocenters. The normalized spacial score (nSPS) is 22.1. The summed E-state index contributed by atoms with van der Waals surface area (Å²) in [4.78, 5) is 13.2. The van der Waals surface area contributed by atoms with Crippen LogP contribution in [0.15, 0.2) is 53.6 Å². The van der Waals surface area contributed by atoms with Crippen LogP contribution in [0.1, 0.15) is 44.2 Å². The number of hydrazine groups is 1. The largest absolute Gasteiger partial charge is 0.284 e. The lowest BCUT2D eigenvalue weighted by molar-refractivity contribution is -0.120. The molecule has 0 bridgehead atoms. The number of benzene rings is 2. The standard InChI is InChI=1S/C23H26Cl2N4O/c1-2-18-21(23(30)27-28-14-6-3-7-15-28)26-29(20-9-5-4-8-19(20)25)22(18)16-10-12-17(24)13-11-16/h4-5,8-13,18,22H,2-3,6-7,14-15H2,1H3,(H,27,30)/t18-,22-/m0/s1. The average molecular weight is 445 g/mol. The van der Waals surface area contributed by atoms with Gasteiger partial charge in [0, 0.05) is 24.0 Å². The Labute approximate surface area is 187 Å². The van der Waals surface area contributed by atoms with E-state index in [-0.39, 0.29) is 17.9 Å². The molecule has 2 aromatic rings. The Morgan fingerprint density at radius 3 is 2.43 bits per heavy atom. The monoisotopic (exact) mass is 444 g/mol. The molecule has 5 nitrogen and oxygen atoms in total. The first kappa shape index (κ1) is 21.2. The van der Waals surface area contributed by atoms with Gasteiger partial charge in [0.25, 0.3) is 5.91 Å². The van der Waals surface area contributed by atoms with E-state index in [0.717, 1.165) is 43.6 Å². The summed E-state index contributed by atoms with van der Waals surface area (Å²) in [6.45, 7) is 3.85. The van der Waals surface area contributed by atoms with Crippen LogP contribution in [-0.2, 0) is 4.79 Å². The molecule has 2 aliphatic rings. The molecule has 1 saturated heterocycles. The molecule has 2 aromatic carbocycles. The van der Waals surface area contributed by atoms with Crippen molar-refractivity contribution in [3.63, 3.8) is 0 Å². The van der Waals surface area contributed by atoms with Gasteiger partial charge in [0.15, 0.2) is 0 Å². The van der Waals surface area contributed by atoms with Crippen LogP contribution in [0, 0.1) is 5.92 Å². The van der Waals surface area contributed by atoms with Gasteiger partial charge in [0.2, 0.25) is 0 Å². The number of hydrogen-bond acceptors (Lipinski definition) is 4. The van der Waals surface area contributed by atoms with Gasteiger partial charge < -0.3 is 0 Å². The fraction of sp³-hybridized carbons (Fsp3) is 0.391. The van der Waals surface area contributed by atoms with Crippen LogP contribution >= 0.6 is 23.2 Å². The van der Waals surface area contributed by atoms with E-state index in [1.165, 1.54) is 6.42 Å². The van der Waals surface area contributed by atoms with E-state index in [2.05, 4.69) is 12.3 Å². The lowest BCUT2D eigenvalue weighted by Crippen LogP contribution is -2.48. The molecule has 1 amide bonds. The number of carbonyl (C=O) groups is 1. The van der Waals surface area contributed by atoms with Crippen molar-refractivity contribution in [2.75, 3.05) is 18.1 Å². The summed E-state index contributed by atoms with van der Waals surface area (Å²) >= 11 is 12.6. The number of hydrazone groups is 1. The summed E-state index contributed by atoms with van der Waals surface area (Å²) in [5.74, 6) is -0.190. The van der Waals surface area contributed by atoms with E-state index in [1.54, 1.807) is 0 Å². The Kier molecular flexibility index (Phi) is 6.61. The van der Waals surface area contributed by atoms with Crippen molar-refractivity contribution in [2.24, 2.45) is 11.0 Å². The van der Waals surface area contributed by atoms with Crippen LogP contribution in [-0.4, -0.2) is 29.7 Å². The number of amides is 1. The molecule has 0 spiro atoms. The highest BCUT2D eigenvalue weighted by atomic mass is 35.5. The van der Waals surface area contributed by atoms with Crippen molar-refractivity contribution >= 4 is 40.5 Å². The van der Waals surface area contributed by atoms with Gasteiger partial charge in [-0.25, -0.2) is 5.01 Å². The number of hydrogen-bond donors (Lipinski definition) is 1. The summed E-state index contributed by atoms with van der Waals surface area (Å²) in [6, 6.07) is 15.2. The molecule has 30 heavy (non-hydrogen) atoms. The molecular weight excluding hydrogens is 419 g/mol. The molecule has 0 saturated carbocycles. The Bertz CT molecular complexity index is 925. The lowest BCUT2D eigenvalue weighted by Gasteiger charge is -2.29. The number of piperidine rings is 1. The Balaban J connectivity index is 1.70. The summed E-state index contributed by atoms with van der Waals surface area (Å²) in [6.07, 6.45) is 4.19. The van der Waals surface area contributed by atoms with E-state index in [4.69, 9.17) is 28.3 Å². The van der Waals surface area contributed by atoms with Gasteiger partial charge in [0.1, 0.15) is 5.71 Å². The second-order valence-corrected chi connectivity index (χ2v) is 8.62. The highest BCUT2D eigenvalue weighted by Crippen LogP contribution is 2.43. The zero-order valence-corrected chi connectivity index (χ0v) is 18.5. The summed E-state index contributed by atoms with van der Waals surface area (Å²) in [5, 5.41) is 10.00. The predicted molar refractivity (Wildman–Crippen MR) is 123 cm³/mol. The molecule has 2 aliphatic heterocycles. The maximum Gasteiger partial charge on any atom is 0.282 e. The maximum absolute atomic E-state index is 13.2. The SMILES string of the molecule is CC[C@H]1C(C(=O)NN2CCCCC2)=NN(c2ccccc2Cl)[C@H]1c1ccc(Cl)cc1. The smallest absolute Gasteiger partial charge is 0.282 e. The third kappa shape index (κ3) is 4.34. The minimum absolute atomic E-state index is 0.0627. The maximum atomic E-state index is 13.2. The number of carbonyl (C=O) groups excluding carboxylic acids is 1. The molecule has 1 N–H and O–H groups in total. The number of halogens is 2. The van der Waals surface area contributed by atoms with Crippen LogP contribution in [0.2, 0.25) is 10.0 Å². The van der Waals surface area contributed by atoms with Gasteiger partial charge in [-0.15, -0.1) is 0 Å². The molecule has 2 heterocycles. The van der Waals surface area contributed by atoms with Crippen molar-refractivity contribution < 1.29 is 4.79 Å². The van der Waals surface area contributed by atoms with E-state index in [9.17, 15) is 4.79 Å². The fourth-order valence-electron chi connectivity index (χ4n) is 4.28. The molecule has 7 heteroatoms. The quantitative estimate of drug-likeness (QED) is 0.666. The summed E-state index contributed by atoms with van der Waals surface area (Å²) < 4.78 is 0. The van der Waals surface area contributed by atoms with Crippen LogP contribution in [0.4, 0.5) is 5.69 Å². The highest BCUT2D eigenvalue weighted by Gasteiger charge is 2.42. The number of rotatable bonds is 5. The molecule has 1 fully saturated rings. The first-order valence-electron chi connectivity index (χ1n) is 10.5.